The third-order valence-corrected chi connectivity index (χ3v) is 3.36. The lowest BCUT2D eigenvalue weighted by Gasteiger charge is -2.32. The molecule has 0 aliphatic carbocycles. The summed E-state index contributed by atoms with van der Waals surface area (Å²) in [5.74, 6) is 0.873. The number of hydrogen-bond donors (Lipinski definition) is 1. The molecule has 1 aliphatic rings. The molecule has 0 aromatic heterocycles. The number of hydrazine groups is 1. The van der Waals surface area contributed by atoms with Crippen molar-refractivity contribution in [2.45, 2.75) is 26.2 Å². The second-order valence-corrected chi connectivity index (χ2v) is 4.63. The molecule has 1 saturated heterocycles. The van der Waals surface area contributed by atoms with Crippen molar-refractivity contribution >= 4 is 0 Å². The van der Waals surface area contributed by atoms with Gasteiger partial charge in [0, 0.05) is 19.6 Å². The van der Waals surface area contributed by atoms with E-state index in [1.165, 1.54) is 37.9 Å². The Morgan fingerprint density at radius 2 is 1.88 bits per heavy atom. The minimum Gasteiger partial charge on any atom is -0.255 e. The molecule has 0 radical (unpaired) electrons. The first-order valence-corrected chi connectivity index (χ1v) is 6.41. The van der Waals surface area contributed by atoms with Crippen LogP contribution in [0, 0.1) is 5.92 Å². The van der Waals surface area contributed by atoms with E-state index in [9.17, 15) is 0 Å². The molecule has 1 heterocycles. The first-order valence-electron chi connectivity index (χ1n) is 6.41. The van der Waals surface area contributed by atoms with Gasteiger partial charge in [0.2, 0.25) is 0 Å². The van der Waals surface area contributed by atoms with Gasteiger partial charge in [0.05, 0.1) is 0 Å². The summed E-state index contributed by atoms with van der Waals surface area (Å²) < 4.78 is 0. The van der Waals surface area contributed by atoms with E-state index in [0.29, 0.717) is 0 Å². The zero-order chi connectivity index (χ0) is 11.2. The minimum atomic E-state index is 0.873. The van der Waals surface area contributed by atoms with Crippen LogP contribution in [0.15, 0.2) is 30.3 Å². The van der Waals surface area contributed by atoms with Gasteiger partial charge in [0.1, 0.15) is 0 Å². The zero-order valence-electron chi connectivity index (χ0n) is 10.2. The third kappa shape index (κ3) is 3.32. The van der Waals surface area contributed by atoms with Crippen molar-refractivity contribution < 1.29 is 0 Å². The summed E-state index contributed by atoms with van der Waals surface area (Å²) in [4.78, 5) is 0. The standard InChI is InChI=1S/C14H22N2/c1-2-15-16-10-8-14(9-11-16)12-13-6-4-3-5-7-13/h3-7,14-15H,2,8-12H2,1H3. The van der Waals surface area contributed by atoms with Crippen LogP contribution in [-0.2, 0) is 6.42 Å². The van der Waals surface area contributed by atoms with Gasteiger partial charge < -0.3 is 0 Å². The number of nitrogens with one attached hydrogen (secondary N) is 1. The van der Waals surface area contributed by atoms with Gasteiger partial charge in [-0.05, 0) is 30.7 Å². The molecule has 16 heavy (non-hydrogen) atoms. The van der Waals surface area contributed by atoms with Crippen LogP contribution in [0.5, 0.6) is 0 Å². The summed E-state index contributed by atoms with van der Waals surface area (Å²) >= 11 is 0. The van der Waals surface area contributed by atoms with Gasteiger partial charge in [-0.2, -0.15) is 0 Å². The Morgan fingerprint density at radius 3 is 2.50 bits per heavy atom. The first-order chi connectivity index (χ1) is 7.88. The molecular weight excluding hydrogens is 196 g/mol. The predicted molar refractivity (Wildman–Crippen MR) is 68.1 cm³/mol. The van der Waals surface area contributed by atoms with Gasteiger partial charge in [-0.25, -0.2) is 5.01 Å². The Hall–Kier alpha value is -0.860. The van der Waals surface area contributed by atoms with Crippen molar-refractivity contribution in [1.82, 2.24) is 10.4 Å². The lowest BCUT2D eigenvalue weighted by Crippen LogP contribution is -2.43. The van der Waals surface area contributed by atoms with Crippen molar-refractivity contribution in [3.8, 4) is 0 Å². The van der Waals surface area contributed by atoms with Gasteiger partial charge in [0.15, 0.2) is 0 Å². The average molecular weight is 218 g/mol. The summed E-state index contributed by atoms with van der Waals surface area (Å²) in [5.41, 5.74) is 4.89. The zero-order valence-corrected chi connectivity index (χ0v) is 10.2. The van der Waals surface area contributed by atoms with E-state index in [2.05, 4.69) is 47.7 Å². The molecule has 1 aliphatic heterocycles. The van der Waals surface area contributed by atoms with E-state index >= 15 is 0 Å². The Morgan fingerprint density at radius 1 is 1.19 bits per heavy atom. The number of piperidine rings is 1. The maximum atomic E-state index is 3.40. The smallest absolute Gasteiger partial charge is 0.0133 e. The Kier molecular flexibility index (Phi) is 4.37. The molecule has 1 aromatic carbocycles. The summed E-state index contributed by atoms with van der Waals surface area (Å²) in [6.07, 6.45) is 3.89. The molecule has 0 amide bonds. The van der Waals surface area contributed by atoms with E-state index in [0.717, 1.165) is 12.5 Å². The van der Waals surface area contributed by atoms with Gasteiger partial charge >= 0.3 is 0 Å². The first kappa shape index (κ1) is 11.6. The van der Waals surface area contributed by atoms with Crippen LogP contribution in [0.25, 0.3) is 0 Å². The van der Waals surface area contributed by atoms with E-state index in [1.807, 2.05) is 0 Å². The maximum absolute atomic E-state index is 3.40. The van der Waals surface area contributed by atoms with Gasteiger partial charge in [0.25, 0.3) is 0 Å². The fraction of sp³-hybridized carbons (Fsp3) is 0.571. The molecule has 1 aromatic rings. The second-order valence-electron chi connectivity index (χ2n) is 4.63. The number of benzene rings is 1. The summed E-state index contributed by atoms with van der Waals surface area (Å²) in [6.45, 7) is 5.61. The summed E-state index contributed by atoms with van der Waals surface area (Å²) in [5, 5.41) is 2.36. The molecule has 0 saturated carbocycles. The molecular formula is C14H22N2. The lowest BCUT2D eigenvalue weighted by atomic mass is 9.91. The fourth-order valence-corrected chi connectivity index (χ4v) is 2.47. The fourth-order valence-electron chi connectivity index (χ4n) is 2.47. The van der Waals surface area contributed by atoms with Crippen molar-refractivity contribution in [2.75, 3.05) is 19.6 Å². The van der Waals surface area contributed by atoms with Crippen molar-refractivity contribution in [1.29, 1.82) is 0 Å². The normalized spacial score (nSPS) is 18.8. The number of nitrogens with zero attached hydrogens (tertiary/aromatic N) is 1. The Labute approximate surface area is 98.6 Å². The summed E-state index contributed by atoms with van der Waals surface area (Å²) in [6, 6.07) is 10.9. The molecule has 2 rings (SSSR count). The van der Waals surface area contributed by atoms with Gasteiger partial charge in [-0.1, -0.05) is 37.3 Å². The van der Waals surface area contributed by atoms with E-state index in [1.54, 1.807) is 0 Å². The summed E-state index contributed by atoms with van der Waals surface area (Å²) in [7, 11) is 0. The molecule has 0 unspecified atom stereocenters. The van der Waals surface area contributed by atoms with Crippen LogP contribution >= 0.6 is 0 Å². The number of hydrogen-bond acceptors (Lipinski definition) is 2. The van der Waals surface area contributed by atoms with Gasteiger partial charge in [-0.3, -0.25) is 5.43 Å². The quantitative estimate of drug-likeness (QED) is 0.835. The molecule has 88 valence electrons. The molecule has 1 N–H and O–H groups in total. The van der Waals surface area contributed by atoms with Crippen LogP contribution < -0.4 is 5.43 Å². The maximum Gasteiger partial charge on any atom is 0.0133 e. The van der Waals surface area contributed by atoms with Crippen molar-refractivity contribution in [3.63, 3.8) is 0 Å². The monoisotopic (exact) mass is 218 g/mol. The Bertz CT molecular complexity index is 289. The Balaban J connectivity index is 1.77. The molecule has 2 nitrogen and oxygen atoms in total. The minimum absolute atomic E-state index is 0.873. The highest BCUT2D eigenvalue weighted by atomic mass is 15.5. The molecule has 2 heteroatoms. The highest BCUT2D eigenvalue weighted by molar-refractivity contribution is 5.15. The van der Waals surface area contributed by atoms with E-state index in [-0.39, 0.29) is 0 Å². The largest absolute Gasteiger partial charge is 0.255 e. The van der Waals surface area contributed by atoms with E-state index in [4.69, 9.17) is 0 Å². The van der Waals surface area contributed by atoms with Crippen LogP contribution in [0.3, 0.4) is 0 Å². The van der Waals surface area contributed by atoms with Crippen LogP contribution in [0.1, 0.15) is 25.3 Å². The van der Waals surface area contributed by atoms with Crippen LogP contribution in [0.4, 0.5) is 0 Å². The average Bonchev–Trinajstić information content (AvgIpc) is 2.33. The SMILES string of the molecule is CCNN1CCC(Cc2ccccc2)CC1. The van der Waals surface area contributed by atoms with E-state index < -0.39 is 0 Å². The van der Waals surface area contributed by atoms with Crippen molar-refractivity contribution in [2.24, 2.45) is 5.92 Å². The molecule has 0 spiro atoms. The van der Waals surface area contributed by atoms with Crippen LogP contribution in [0.2, 0.25) is 0 Å². The number of rotatable bonds is 4. The lowest BCUT2D eigenvalue weighted by molar-refractivity contribution is 0.127. The highest BCUT2D eigenvalue weighted by Crippen LogP contribution is 2.20. The van der Waals surface area contributed by atoms with Gasteiger partial charge in [-0.15, -0.1) is 0 Å². The predicted octanol–water partition coefficient (Wildman–Crippen LogP) is 2.47. The second kappa shape index (κ2) is 6.02. The topological polar surface area (TPSA) is 15.3 Å². The molecule has 0 bridgehead atoms. The molecule has 0 atom stereocenters. The molecule has 1 fully saturated rings. The van der Waals surface area contributed by atoms with Crippen molar-refractivity contribution in [3.05, 3.63) is 35.9 Å². The van der Waals surface area contributed by atoms with Crippen LogP contribution in [-0.4, -0.2) is 24.6 Å². The highest BCUT2D eigenvalue weighted by Gasteiger charge is 2.18. The third-order valence-electron chi connectivity index (χ3n) is 3.36.